The fraction of sp³-hybridized carbons (Fsp3) is 0.444. The van der Waals surface area contributed by atoms with Crippen LogP contribution in [0, 0.1) is 11.3 Å². The summed E-state index contributed by atoms with van der Waals surface area (Å²) >= 11 is 0. The molecule has 0 spiro atoms. The summed E-state index contributed by atoms with van der Waals surface area (Å²) in [5.41, 5.74) is 5.37. The largest absolute Gasteiger partial charge is 0.464 e. The monoisotopic (exact) mass is 208 g/mol. The first-order valence-electron chi connectivity index (χ1n) is 4.54. The molecule has 1 aromatic rings. The van der Waals surface area contributed by atoms with E-state index in [9.17, 15) is 4.79 Å². The molecule has 1 heterocycles. The molecule has 1 aromatic heterocycles. The van der Waals surface area contributed by atoms with Gasteiger partial charge in [-0.05, 0) is 12.5 Å². The molecule has 0 saturated carbocycles. The number of nitrogen functional groups attached to an aromatic ring is 1. The standard InChI is InChI=1S/C9H12N4O2/c10-4-1-2-6-15-9(14)7-13-5-3-8(11)12-13/h3,5H,1-2,6-7H2,(H2,11,12). The number of nitrogens with two attached hydrogens (primary N) is 1. The van der Waals surface area contributed by atoms with Gasteiger partial charge in [0, 0.05) is 12.6 Å². The zero-order valence-corrected chi connectivity index (χ0v) is 8.22. The van der Waals surface area contributed by atoms with Crippen molar-refractivity contribution < 1.29 is 9.53 Å². The molecule has 80 valence electrons. The Morgan fingerprint density at radius 1 is 1.73 bits per heavy atom. The molecule has 6 nitrogen and oxygen atoms in total. The second kappa shape index (κ2) is 5.65. The molecule has 0 aliphatic rings. The summed E-state index contributed by atoms with van der Waals surface area (Å²) in [5, 5.41) is 12.1. The summed E-state index contributed by atoms with van der Waals surface area (Å²) in [5.74, 6) is -0.0108. The van der Waals surface area contributed by atoms with Gasteiger partial charge in [0.05, 0.1) is 12.7 Å². The van der Waals surface area contributed by atoms with Crippen LogP contribution in [0.5, 0.6) is 0 Å². The van der Waals surface area contributed by atoms with Crippen LogP contribution >= 0.6 is 0 Å². The van der Waals surface area contributed by atoms with E-state index in [2.05, 4.69) is 5.10 Å². The second-order valence-corrected chi connectivity index (χ2v) is 2.92. The van der Waals surface area contributed by atoms with Gasteiger partial charge in [-0.3, -0.25) is 9.48 Å². The van der Waals surface area contributed by atoms with Gasteiger partial charge in [-0.15, -0.1) is 0 Å². The maximum absolute atomic E-state index is 11.2. The third kappa shape index (κ3) is 4.13. The Bertz CT molecular complexity index is 366. The van der Waals surface area contributed by atoms with Crippen molar-refractivity contribution in [2.75, 3.05) is 12.3 Å². The van der Waals surface area contributed by atoms with Crippen LogP contribution in [-0.4, -0.2) is 22.4 Å². The molecule has 0 bridgehead atoms. The van der Waals surface area contributed by atoms with Gasteiger partial charge in [0.15, 0.2) is 0 Å². The van der Waals surface area contributed by atoms with Crippen LogP contribution in [0.15, 0.2) is 12.3 Å². The number of nitrogens with zero attached hydrogens (tertiary/aromatic N) is 3. The lowest BCUT2D eigenvalue weighted by Gasteiger charge is -2.02. The molecule has 0 unspecified atom stereocenters. The molecule has 0 radical (unpaired) electrons. The van der Waals surface area contributed by atoms with Crippen LogP contribution in [0.25, 0.3) is 0 Å². The molecule has 0 aromatic carbocycles. The Balaban J connectivity index is 2.22. The number of hydrogen-bond acceptors (Lipinski definition) is 5. The number of anilines is 1. The first-order chi connectivity index (χ1) is 7.22. The van der Waals surface area contributed by atoms with Gasteiger partial charge in [0.2, 0.25) is 0 Å². The number of nitriles is 1. The fourth-order valence-corrected chi connectivity index (χ4v) is 0.981. The number of ether oxygens (including phenoxy) is 1. The molecule has 0 saturated heterocycles. The number of rotatable bonds is 5. The fourth-order valence-electron chi connectivity index (χ4n) is 0.981. The van der Waals surface area contributed by atoms with Crippen LogP contribution in [0.1, 0.15) is 12.8 Å². The highest BCUT2D eigenvalue weighted by molar-refractivity contribution is 5.69. The Hall–Kier alpha value is -2.03. The molecule has 0 aliphatic heterocycles. The molecule has 0 fully saturated rings. The van der Waals surface area contributed by atoms with E-state index in [4.69, 9.17) is 15.7 Å². The van der Waals surface area contributed by atoms with E-state index in [1.54, 1.807) is 12.3 Å². The smallest absolute Gasteiger partial charge is 0.327 e. The Morgan fingerprint density at radius 3 is 3.13 bits per heavy atom. The summed E-state index contributed by atoms with van der Waals surface area (Å²) in [6.45, 7) is 0.312. The Kier molecular flexibility index (Phi) is 4.16. The van der Waals surface area contributed by atoms with Crippen LogP contribution in [-0.2, 0) is 16.1 Å². The quantitative estimate of drug-likeness (QED) is 0.555. The molecule has 0 amide bonds. The van der Waals surface area contributed by atoms with Gasteiger partial charge >= 0.3 is 5.97 Å². The number of unbranched alkanes of at least 4 members (excludes halogenated alkanes) is 1. The zero-order valence-electron chi connectivity index (χ0n) is 8.22. The maximum atomic E-state index is 11.2. The molecule has 0 aliphatic carbocycles. The van der Waals surface area contributed by atoms with Crippen LogP contribution < -0.4 is 5.73 Å². The van der Waals surface area contributed by atoms with Crippen molar-refractivity contribution in [3.05, 3.63) is 12.3 Å². The van der Waals surface area contributed by atoms with E-state index in [1.807, 2.05) is 6.07 Å². The van der Waals surface area contributed by atoms with Crippen LogP contribution in [0.3, 0.4) is 0 Å². The number of carbonyl (C=O) groups is 1. The van der Waals surface area contributed by atoms with E-state index >= 15 is 0 Å². The predicted octanol–water partition coefficient (Wildman–Crippen LogP) is 0.312. The van der Waals surface area contributed by atoms with Crippen LogP contribution in [0.2, 0.25) is 0 Å². The van der Waals surface area contributed by atoms with Crippen molar-refractivity contribution in [2.24, 2.45) is 0 Å². The Labute approximate surface area is 87.2 Å². The van der Waals surface area contributed by atoms with Gasteiger partial charge in [-0.25, -0.2) is 0 Å². The number of carbonyl (C=O) groups excluding carboxylic acids is 1. The van der Waals surface area contributed by atoms with E-state index in [-0.39, 0.29) is 19.1 Å². The highest BCUT2D eigenvalue weighted by atomic mass is 16.5. The average molecular weight is 208 g/mol. The molecule has 2 N–H and O–H groups in total. The first kappa shape index (κ1) is 11.0. The number of hydrogen-bond donors (Lipinski definition) is 1. The summed E-state index contributed by atoms with van der Waals surface area (Å²) in [6, 6.07) is 3.57. The summed E-state index contributed by atoms with van der Waals surface area (Å²) in [7, 11) is 0. The van der Waals surface area contributed by atoms with Gasteiger partial charge in [0.1, 0.15) is 12.4 Å². The van der Waals surface area contributed by atoms with E-state index < -0.39 is 0 Å². The number of aromatic nitrogens is 2. The topological polar surface area (TPSA) is 93.9 Å². The maximum Gasteiger partial charge on any atom is 0.327 e. The van der Waals surface area contributed by atoms with Crippen molar-refractivity contribution in [3.63, 3.8) is 0 Å². The van der Waals surface area contributed by atoms with Gasteiger partial charge in [-0.2, -0.15) is 10.4 Å². The molecule has 6 heteroatoms. The van der Waals surface area contributed by atoms with Crippen molar-refractivity contribution in [3.8, 4) is 6.07 Å². The van der Waals surface area contributed by atoms with Gasteiger partial charge in [0.25, 0.3) is 0 Å². The van der Waals surface area contributed by atoms with Gasteiger partial charge < -0.3 is 10.5 Å². The number of esters is 1. The molecule has 15 heavy (non-hydrogen) atoms. The van der Waals surface area contributed by atoms with Gasteiger partial charge in [-0.1, -0.05) is 0 Å². The molecule has 0 atom stereocenters. The third-order valence-electron chi connectivity index (χ3n) is 1.65. The summed E-state index contributed by atoms with van der Waals surface area (Å²) in [4.78, 5) is 11.2. The van der Waals surface area contributed by atoms with Crippen molar-refractivity contribution in [1.29, 1.82) is 5.26 Å². The lowest BCUT2D eigenvalue weighted by Crippen LogP contribution is -2.14. The van der Waals surface area contributed by atoms with Crippen molar-refractivity contribution >= 4 is 11.8 Å². The zero-order chi connectivity index (χ0) is 11.1. The lowest BCUT2D eigenvalue weighted by molar-refractivity contribution is -0.144. The molecular formula is C9H12N4O2. The minimum atomic E-state index is -0.379. The minimum absolute atomic E-state index is 0.0454. The summed E-state index contributed by atoms with van der Waals surface area (Å²) in [6.07, 6.45) is 2.55. The highest BCUT2D eigenvalue weighted by Gasteiger charge is 2.04. The molecule has 1 rings (SSSR count). The van der Waals surface area contributed by atoms with Crippen LogP contribution in [0.4, 0.5) is 5.82 Å². The highest BCUT2D eigenvalue weighted by Crippen LogP contribution is 1.97. The SMILES string of the molecule is N#CCCCOC(=O)Cn1ccc(N)n1. The van der Waals surface area contributed by atoms with E-state index in [0.29, 0.717) is 18.7 Å². The molecular weight excluding hydrogens is 196 g/mol. The lowest BCUT2D eigenvalue weighted by atomic mass is 10.3. The normalized spacial score (nSPS) is 9.53. The second-order valence-electron chi connectivity index (χ2n) is 2.92. The van der Waals surface area contributed by atoms with Crippen molar-refractivity contribution in [1.82, 2.24) is 9.78 Å². The van der Waals surface area contributed by atoms with E-state index in [1.165, 1.54) is 4.68 Å². The average Bonchev–Trinajstić information content (AvgIpc) is 2.59. The predicted molar refractivity (Wildman–Crippen MR) is 52.4 cm³/mol. The minimum Gasteiger partial charge on any atom is -0.464 e. The van der Waals surface area contributed by atoms with E-state index in [0.717, 1.165) is 0 Å². The Morgan fingerprint density at radius 2 is 2.53 bits per heavy atom. The van der Waals surface area contributed by atoms with Crippen molar-refractivity contribution in [2.45, 2.75) is 19.4 Å². The summed E-state index contributed by atoms with van der Waals surface area (Å²) < 4.78 is 6.27. The third-order valence-corrected chi connectivity index (χ3v) is 1.65. The first-order valence-corrected chi connectivity index (χ1v) is 4.54.